The first-order valence-corrected chi connectivity index (χ1v) is 7.48. The minimum absolute atomic E-state index is 0.0267. The van der Waals surface area contributed by atoms with Crippen LogP contribution in [0.4, 0.5) is 11.8 Å². The Morgan fingerprint density at radius 2 is 2.05 bits per heavy atom. The van der Waals surface area contributed by atoms with Gasteiger partial charge in [-0.2, -0.15) is 9.97 Å². The van der Waals surface area contributed by atoms with Gasteiger partial charge in [-0.15, -0.1) is 0 Å². The summed E-state index contributed by atoms with van der Waals surface area (Å²) in [6.07, 6.45) is -0.756. The number of fused-ring (bicyclic) bond motifs is 1. The number of anilines is 2. The van der Waals surface area contributed by atoms with Crippen LogP contribution >= 0.6 is 7.60 Å². The van der Waals surface area contributed by atoms with Crippen LogP contribution in [0.15, 0.2) is 0 Å². The number of H-pyrrole nitrogens is 1. The van der Waals surface area contributed by atoms with E-state index in [2.05, 4.69) is 19.9 Å². The van der Waals surface area contributed by atoms with E-state index in [-0.39, 0.29) is 11.8 Å². The summed E-state index contributed by atoms with van der Waals surface area (Å²) < 4.78 is 15.8. The van der Waals surface area contributed by atoms with Crippen molar-refractivity contribution in [3.63, 3.8) is 0 Å². The quantitative estimate of drug-likeness (QED) is 0.460. The molecule has 20 heavy (non-hydrogen) atoms. The molecular weight excluding hydrogens is 287 g/mol. The number of hydrogen-bond donors (Lipinski definition) is 5. The topological polar surface area (TPSA) is 173 Å². The lowest BCUT2D eigenvalue weighted by atomic mass is 10.3. The van der Waals surface area contributed by atoms with Crippen molar-refractivity contribution in [2.75, 3.05) is 17.8 Å². The second-order valence-corrected chi connectivity index (χ2v) is 5.91. The van der Waals surface area contributed by atoms with Crippen molar-refractivity contribution in [3.05, 3.63) is 5.82 Å². The third-order valence-corrected chi connectivity index (χ3v) is 2.94. The van der Waals surface area contributed by atoms with Gasteiger partial charge in [-0.3, -0.25) is 4.57 Å². The normalized spacial score (nSPS) is 13.8. The average Bonchev–Trinajstić information content (AvgIpc) is 2.68. The van der Waals surface area contributed by atoms with Crippen LogP contribution in [0.25, 0.3) is 11.2 Å². The maximum absolute atomic E-state index is 10.7. The molecule has 0 aliphatic heterocycles. The minimum atomic E-state index is -4.18. The van der Waals surface area contributed by atoms with Crippen LogP contribution in [0.1, 0.15) is 12.7 Å². The number of hydrogen-bond acceptors (Lipinski definition) is 7. The Kier molecular flexibility index (Phi) is 3.91. The highest BCUT2D eigenvalue weighted by molar-refractivity contribution is 7.51. The highest BCUT2D eigenvalue weighted by Crippen LogP contribution is 2.34. The third kappa shape index (κ3) is 3.64. The molecule has 0 radical (unpaired) electrons. The van der Waals surface area contributed by atoms with Gasteiger partial charge in [0.15, 0.2) is 11.5 Å². The molecule has 0 aromatic carbocycles. The molecule has 110 valence electrons. The molecule has 2 rings (SSSR count). The Hall–Kier alpha value is -1.74. The number of nitrogen functional groups attached to an aromatic ring is 2. The van der Waals surface area contributed by atoms with Crippen LogP contribution in [-0.2, 0) is 15.7 Å². The highest BCUT2D eigenvalue weighted by atomic mass is 31.2. The van der Waals surface area contributed by atoms with Crippen molar-refractivity contribution in [2.24, 2.45) is 0 Å². The number of nitrogens with two attached hydrogens (primary N) is 2. The van der Waals surface area contributed by atoms with E-state index < -0.39 is 20.0 Å². The molecule has 10 nitrogen and oxygen atoms in total. The van der Waals surface area contributed by atoms with E-state index in [9.17, 15) is 4.57 Å². The maximum Gasteiger partial charge on any atom is 0.350 e. The molecule has 0 saturated carbocycles. The molecule has 11 heteroatoms. The standard InChI is InChI=1S/C9H15N6O4P/c1-4(19-3-20(16,17)18)2-5-12-6-7(10)14-9(11)15-8(6)13-5/h4H,2-3H2,1H3,(H2,16,17,18)(H5,10,11,12,13,14,15)/t4-/m1/s1. The number of nitrogens with zero attached hydrogens (tertiary/aromatic N) is 3. The van der Waals surface area contributed by atoms with Crippen molar-refractivity contribution in [3.8, 4) is 0 Å². The summed E-state index contributed by atoms with van der Waals surface area (Å²) in [5.41, 5.74) is 12.0. The number of nitrogens with one attached hydrogen (secondary N) is 1. The molecule has 2 heterocycles. The van der Waals surface area contributed by atoms with Gasteiger partial charge in [0.1, 0.15) is 17.7 Å². The van der Waals surface area contributed by atoms with Crippen LogP contribution < -0.4 is 11.5 Å². The zero-order valence-corrected chi connectivity index (χ0v) is 11.5. The first-order chi connectivity index (χ1) is 9.24. The first kappa shape index (κ1) is 14.7. The van der Waals surface area contributed by atoms with E-state index in [1.54, 1.807) is 6.92 Å². The van der Waals surface area contributed by atoms with Crippen LogP contribution in [0.3, 0.4) is 0 Å². The van der Waals surface area contributed by atoms with E-state index in [0.717, 1.165) is 0 Å². The maximum atomic E-state index is 10.7. The molecule has 0 saturated heterocycles. The Morgan fingerprint density at radius 1 is 1.35 bits per heavy atom. The monoisotopic (exact) mass is 302 g/mol. The average molecular weight is 302 g/mol. The van der Waals surface area contributed by atoms with Gasteiger partial charge >= 0.3 is 7.60 Å². The van der Waals surface area contributed by atoms with Crippen molar-refractivity contribution >= 4 is 30.5 Å². The fraction of sp³-hybridized carbons (Fsp3) is 0.444. The van der Waals surface area contributed by atoms with Crippen molar-refractivity contribution in [2.45, 2.75) is 19.4 Å². The Morgan fingerprint density at radius 3 is 2.70 bits per heavy atom. The van der Waals surface area contributed by atoms with Gasteiger partial charge in [0.2, 0.25) is 5.95 Å². The van der Waals surface area contributed by atoms with Gasteiger partial charge in [-0.05, 0) is 6.92 Å². The van der Waals surface area contributed by atoms with Gasteiger partial charge < -0.3 is 31.0 Å². The third-order valence-electron chi connectivity index (χ3n) is 2.45. The van der Waals surface area contributed by atoms with E-state index in [0.29, 0.717) is 23.4 Å². The van der Waals surface area contributed by atoms with E-state index >= 15 is 0 Å². The molecule has 7 N–H and O–H groups in total. The summed E-state index contributed by atoms with van der Waals surface area (Å²) >= 11 is 0. The van der Waals surface area contributed by atoms with Crippen molar-refractivity contribution in [1.29, 1.82) is 0 Å². The summed E-state index contributed by atoms with van der Waals surface area (Å²) in [5, 5.41) is 0. The van der Waals surface area contributed by atoms with Gasteiger partial charge in [-0.1, -0.05) is 0 Å². The molecule has 0 bridgehead atoms. The summed E-state index contributed by atoms with van der Waals surface area (Å²) in [4.78, 5) is 32.3. The molecule has 0 amide bonds. The Labute approximate surface area is 113 Å². The van der Waals surface area contributed by atoms with Crippen molar-refractivity contribution in [1.82, 2.24) is 19.9 Å². The molecule has 1 atom stereocenters. The molecule has 0 unspecified atom stereocenters. The first-order valence-electron chi connectivity index (χ1n) is 5.68. The fourth-order valence-electron chi connectivity index (χ4n) is 1.64. The lowest BCUT2D eigenvalue weighted by Crippen LogP contribution is -2.13. The zero-order chi connectivity index (χ0) is 14.9. The predicted octanol–water partition coefficient (Wildman–Crippen LogP) is -0.400. The lowest BCUT2D eigenvalue weighted by Gasteiger charge is -2.11. The van der Waals surface area contributed by atoms with Gasteiger partial charge in [0.25, 0.3) is 0 Å². The SMILES string of the molecule is C[C@H](Cc1nc2nc(N)nc(N)c2[nH]1)OCP(=O)(O)O. The molecule has 2 aromatic heterocycles. The molecule has 0 aliphatic carbocycles. The van der Waals surface area contributed by atoms with E-state index in [4.69, 9.17) is 26.0 Å². The predicted molar refractivity (Wildman–Crippen MR) is 71.7 cm³/mol. The summed E-state index contributed by atoms with van der Waals surface area (Å²) in [6, 6.07) is 0. The van der Waals surface area contributed by atoms with Gasteiger partial charge in [0.05, 0.1) is 6.10 Å². The molecule has 0 spiro atoms. The van der Waals surface area contributed by atoms with Crippen molar-refractivity contribution < 1.29 is 19.1 Å². The minimum Gasteiger partial charge on any atom is -0.382 e. The van der Waals surface area contributed by atoms with Crippen LogP contribution in [-0.4, -0.2) is 42.2 Å². The molecule has 0 aliphatic rings. The lowest BCUT2D eigenvalue weighted by molar-refractivity contribution is 0.0874. The van der Waals surface area contributed by atoms with Gasteiger partial charge in [-0.25, -0.2) is 4.98 Å². The Balaban J connectivity index is 2.10. The van der Waals surface area contributed by atoms with Gasteiger partial charge in [0, 0.05) is 6.42 Å². The zero-order valence-electron chi connectivity index (χ0n) is 10.6. The van der Waals surface area contributed by atoms with Crippen LogP contribution in [0.2, 0.25) is 0 Å². The number of rotatable bonds is 5. The van der Waals surface area contributed by atoms with Crippen LogP contribution in [0, 0.1) is 0 Å². The van der Waals surface area contributed by atoms with Crippen LogP contribution in [0.5, 0.6) is 0 Å². The summed E-state index contributed by atoms with van der Waals surface area (Å²) in [7, 11) is -4.18. The summed E-state index contributed by atoms with van der Waals surface area (Å²) in [5.74, 6) is 0.735. The number of ether oxygens (including phenoxy) is 1. The largest absolute Gasteiger partial charge is 0.382 e. The molecular formula is C9H15N6O4P. The number of imidazole rings is 1. The highest BCUT2D eigenvalue weighted by Gasteiger charge is 2.17. The molecule has 0 fully saturated rings. The summed E-state index contributed by atoms with van der Waals surface area (Å²) in [6.45, 7) is 1.67. The smallest absolute Gasteiger partial charge is 0.350 e. The second kappa shape index (κ2) is 5.33. The number of aromatic nitrogens is 4. The van der Waals surface area contributed by atoms with E-state index in [1.807, 2.05) is 0 Å². The second-order valence-electron chi connectivity index (χ2n) is 4.32. The van der Waals surface area contributed by atoms with E-state index in [1.165, 1.54) is 0 Å². The molecule has 2 aromatic rings. The fourth-order valence-corrected chi connectivity index (χ4v) is 2.09. The number of aromatic amines is 1. The Bertz CT molecular complexity index is 668.